The lowest BCUT2D eigenvalue weighted by molar-refractivity contribution is -0.135. The summed E-state index contributed by atoms with van der Waals surface area (Å²) < 4.78 is 24.7. The van der Waals surface area contributed by atoms with Crippen molar-refractivity contribution in [1.29, 1.82) is 4.78 Å². The molecule has 1 amide bonds. The number of amides is 1. The summed E-state index contributed by atoms with van der Waals surface area (Å²) in [6, 6.07) is 6.31. The van der Waals surface area contributed by atoms with E-state index in [-0.39, 0.29) is 17.9 Å². The number of aryl methyl sites for hydroxylation is 1. The molecule has 0 aromatic heterocycles. The van der Waals surface area contributed by atoms with E-state index in [1.54, 1.807) is 0 Å². The molecule has 2 N–H and O–H groups in total. The molecule has 5 nitrogen and oxygen atoms in total. The summed E-state index contributed by atoms with van der Waals surface area (Å²) in [7, 11) is -2.44. The summed E-state index contributed by atoms with van der Waals surface area (Å²) in [6.45, 7) is 2.58. The Labute approximate surface area is 137 Å². The highest BCUT2D eigenvalue weighted by Gasteiger charge is 2.35. The summed E-state index contributed by atoms with van der Waals surface area (Å²) in [5, 5.41) is 3.04. The van der Waals surface area contributed by atoms with Crippen LogP contribution in [0.15, 0.2) is 18.2 Å². The van der Waals surface area contributed by atoms with Crippen molar-refractivity contribution in [3.05, 3.63) is 34.9 Å². The molecule has 1 aliphatic carbocycles. The van der Waals surface area contributed by atoms with Gasteiger partial charge in [0.1, 0.15) is 0 Å². The van der Waals surface area contributed by atoms with Crippen LogP contribution in [0.2, 0.25) is 0 Å². The topological polar surface area (TPSA) is 79.3 Å². The summed E-state index contributed by atoms with van der Waals surface area (Å²) >= 11 is 0. The monoisotopic (exact) mass is 336 g/mol. The molecule has 1 heterocycles. The van der Waals surface area contributed by atoms with Crippen LogP contribution < -0.4 is 5.32 Å². The summed E-state index contributed by atoms with van der Waals surface area (Å²) in [6.07, 6.45) is 3.42. The number of rotatable bonds is 4. The first-order valence-electron chi connectivity index (χ1n) is 8.05. The largest absolute Gasteiger partial charge is 0.363 e. The number of fused-ring (bicyclic) bond motifs is 1. The number of hydrogen-bond acceptors (Lipinski definition) is 4. The van der Waals surface area contributed by atoms with E-state index in [0.717, 1.165) is 30.4 Å². The molecule has 0 spiro atoms. The summed E-state index contributed by atoms with van der Waals surface area (Å²) in [5.74, 6) is 0.640. The highest BCUT2D eigenvalue weighted by Crippen LogP contribution is 2.32. The van der Waals surface area contributed by atoms with Crippen LogP contribution in [0.5, 0.6) is 0 Å². The van der Waals surface area contributed by atoms with Crippen molar-refractivity contribution in [2.75, 3.05) is 18.6 Å². The van der Waals surface area contributed by atoms with Gasteiger partial charge in [-0.25, -0.2) is 0 Å². The van der Waals surface area contributed by atoms with E-state index < -0.39 is 15.8 Å². The number of nitrogens with one attached hydrogen (secondary N) is 2. The molecule has 1 aromatic rings. The fraction of sp³-hybridized carbons (Fsp3) is 0.588. The maximum absolute atomic E-state index is 12.5. The maximum atomic E-state index is 12.5. The SMILES string of the molecule is Cc1ccc2c(c1)C(C(=O)NC1CC(CS(C)(=N)=O)C1)OCC2. The lowest BCUT2D eigenvalue weighted by Crippen LogP contribution is -2.48. The number of hydrogen-bond donors (Lipinski definition) is 2. The highest BCUT2D eigenvalue weighted by atomic mass is 32.2. The van der Waals surface area contributed by atoms with Crippen LogP contribution in [-0.4, -0.2) is 34.8 Å². The summed E-state index contributed by atoms with van der Waals surface area (Å²) in [5.41, 5.74) is 3.30. The lowest BCUT2D eigenvalue weighted by Gasteiger charge is -2.37. The Morgan fingerprint density at radius 3 is 2.87 bits per heavy atom. The third kappa shape index (κ3) is 3.93. The van der Waals surface area contributed by atoms with Crippen LogP contribution in [-0.2, 0) is 25.7 Å². The molecule has 6 heteroatoms. The second kappa shape index (κ2) is 6.24. The standard InChI is InChI=1S/C17H24N2O3S/c1-11-3-4-13-5-6-22-16(15(13)7-11)17(20)19-14-8-12(9-14)10-23(2,18)21/h3-4,7,12,14,16,18H,5-6,8-10H2,1-2H3,(H,19,20). The van der Waals surface area contributed by atoms with E-state index in [1.807, 2.05) is 13.0 Å². The van der Waals surface area contributed by atoms with Gasteiger partial charge in [-0.3, -0.25) is 13.8 Å². The van der Waals surface area contributed by atoms with E-state index in [4.69, 9.17) is 9.52 Å². The van der Waals surface area contributed by atoms with Gasteiger partial charge in [0.05, 0.1) is 6.61 Å². The van der Waals surface area contributed by atoms with E-state index in [2.05, 4.69) is 17.4 Å². The second-order valence-corrected chi connectivity index (χ2v) is 9.26. The molecule has 1 saturated carbocycles. The van der Waals surface area contributed by atoms with Gasteiger partial charge in [0, 0.05) is 27.8 Å². The zero-order valence-electron chi connectivity index (χ0n) is 13.6. The second-order valence-electron chi connectivity index (χ2n) is 6.92. The van der Waals surface area contributed by atoms with Crippen molar-refractivity contribution in [2.24, 2.45) is 5.92 Å². The molecule has 0 radical (unpaired) electrons. The molecule has 2 atom stereocenters. The number of ether oxygens (including phenoxy) is 1. The first kappa shape index (κ1) is 16.5. The van der Waals surface area contributed by atoms with Gasteiger partial charge >= 0.3 is 0 Å². The Balaban J connectivity index is 1.60. The van der Waals surface area contributed by atoms with Gasteiger partial charge in [-0.1, -0.05) is 23.8 Å². The molecule has 126 valence electrons. The Hall–Kier alpha value is -1.40. The van der Waals surface area contributed by atoms with Crippen LogP contribution in [0.1, 0.15) is 35.6 Å². The minimum atomic E-state index is -2.44. The van der Waals surface area contributed by atoms with Gasteiger partial charge in [0.15, 0.2) is 6.10 Å². The zero-order chi connectivity index (χ0) is 16.6. The van der Waals surface area contributed by atoms with Gasteiger partial charge < -0.3 is 10.1 Å². The van der Waals surface area contributed by atoms with Crippen molar-refractivity contribution in [2.45, 2.75) is 38.3 Å². The van der Waals surface area contributed by atoms with Crippen LogP contribution >= 0.6 is 0 Å². The number of carbonyl (C=O) groups excluding carboxylic acids is 1. The number of carbonyl (C=O) groups is 1. The van der Waals surface area contributed by atoms with Crippen molar-refractivity contribution in [1.82, 2.24) is 5.32 Å². The molecule has 23 heavy (non-hydrogen) atoms. The molecule has 1 aliphatic heterocycles. The first-order chi connectivity index (χ1) is 10.8. The minimum absolute atomic E-state index is 0.0805. The van der Waals surface area contributed by atoms with Crippen molar-refractivity contribution in [3.8, 4) is 0 Å². The average molecular weight is 336 g/mol. The lowest BCUT2D eigenvalue weighted by atomic mass is 9.81. The van der Waals surface area contributed by atoms with Gasteiger partial charge in [0.25, 0.3) is 5.91 Å². The fourth-order valence-corrected chi connectivity index (χ4v) is 4.67. The Morgan fingerprint density at radius 1 is 1.43 bits per heavy atom. The predicted molar refractivity (Wildman–Crippen MR) is 89.9 cm³/mol. The highest BCUT2D eigenvalue weighted by molar-refractivity contribution is 7.91. The van der Waals surface area contributed by atoms with E-state index in [0.29, 0.717) is 12.4 Å². The van der Waals surface area contributed by atoms with Crippen LogP contribution in [0.3, 0.4) is 0 Å². The fourth-order valence-electron chi connectivity index (χ4n) is 3.50. The van der Waals surface area contributed by atoms with E-state index in [9.17, 15) is 9.00 Å². The van der Waals surface area contributed by atoms with Crippen molar-refractivity contribution >= 4 is 15.6 Å². The van der Waals surface area contributed by atoms with Crippen molar-refractivity contribution < 1.29 is 13.7 Å². The minimum Gasteiger partial charge on any atom is -0.363 e. The smallest absolute Gasteiger partial charge is 0.253 e. The molecule has 1 fully saturated rings. The predicted octanol–water partition coefficient (Wildman–Crippen LogP) is 2.18. The first-order valence-corrected chi connectivity index (χ1v) is 10.2. The normalized spacial score (nSPS) is 29.0. The zero-order valence-corrected chi connectivity index (χ0v) is 14.4. The third-order valence-corrected chi connectivity index (χ3v) is 5.72. The van der Waals surface area contributed by atoms with Gasteiger partial charge in [-0.2, -0.15) is 0 Å². The molecule has 3 rings (SSSR count). The van der Waals surface area contributed by atoms with E-state index >= 15 is 0 Å². The Morgan fingerprint density at radius 2 is 2.17 bits per heavy atom. The molecule has 0 bridgehead atoms. The molecule has 0 saturated heterocycles. The van der Waals surface area contributed by atoms with Gasteiger partial charge in [0.2, 0.25) is 0 Å². The molecule has 1 aromatic carbocycles. The van der Waals surface area contributed by atoms with Crippen LogP contribution in [0, 0.1) is 17.6 Å². The Bertz CT molecular complexity index is 709. The van der Waals surface area contributed by atoms with E-state index in [1.165, 1.54) is 11.8 Å². The molecule has 2 unspecified atom stereocenters. The maximum Gasteiger partial charge on any atom is 0.253 e. The average Bonchev–Trinajstić information content (AvgIpc) is 2.42. The van der Waals surface area contributed by atoms with Gasteiger partial charge in [-0.05, 0) is 43.2 Å². The van der Waals surface area contributed by atoms with Crippen LogP contribution in [0.25, 0.3) is 0 Å². The molecule has 2 aliphatic rings. The third-order valence-electron chi connectivity index (χ3n) is 4.61. The summed E-state index contributed by atoms with van der Waals surface area (Å²) in [4.78, 5) is 12.5. The molecular formula is C17H24N2O3S. The number of benzene rings is 1. The molecular weight excluding hydrogens is 312 g/mol. The van der Waals surface area contributed by atoms with Crippen molar-refractivity contribution in [3.63, 3.8) is 0 Å². The van der Waals surface area contributed by atoms with Crippen LogP contribution in [0.4, 0.5) is 0 Å². The quantitative estimate of drug-likeness (QED) is 0.884. The Kier molecular flexibility index (Phi) is 4.47. The van der Waals surface area contributed by atoms with Gasteiger partial charge in [-0.15, -0.1) is 0 Å².